The number of hydrogen-bond acceptors (Lipinski definition) is 2. The third kappa shape index (κ3) is 3.49. The smallest absolute Gasteiger partial charge is 0.124 e. The van der Waals surface area contributed by atoms with Crippen molar-refractivity contribution < 1.29 is 4.74 Å². The van der Waals surface area contributed by atoms with Crippen LogP contribution in [-0.4, -0.2) is 7.05 Å². The molecular weight excluding hydrogens is 246 g/mol. The van der Waals surface area contributed by atoms with Crippen molar-refractivity contribution in [3.05, 3.63) is 71.3 Å². The minimum atomic E-state index is 0.558. The van der Waals surface area contributed by atoms with Crippen LogP contribution in [0.15, 0.2) is 49.0 Å². The summed E-state index contributed by atoms with van der Waals surface area (Å²) in [6.45, 7) is 7.30. The van der Waals surface area contributed by atoms with Gasteiger partial charge in [-0.3, -0.25) is 0 Å². The third-order valence-corrected chi connectivity index (χ3v) is 3.24. The topological polar surface area (TPSA) is 21.3 Å². The fraction of sp³-hybridized carbons (Fsp3) is 0.222. The molecule has 20 heavy (non-hydrogen) atoms. The van der Waals surface area contributed by atoms with Crippen molar-refractivity contribution in [3.8, 4) is 5.75 Å². The minimum absolute atomic E-state index is 0.558. The van der Waals surface area contributed by atoms with Gasteiger partial charge in [0, 0.05) is 12.1 Å². The summed E-state index contributed by atoms with van der Waals surface area (Å²) in [6.07, 6.45) is 1.86. The molecule has 2 nitrogen and oxygen atoms in total. The molecule has 2 aromatic rings. The molecule has 0 heterocycles. The first-order valence-corrected chi connectivity index (χ1v) is 6.82. The Balaban J connectivity index is 2.16. The molecule has 2 rings (SSSR count). The second kappa shape index (κ2) is 6.92. The van der Waals surface area contributed by atoms with Crippen molar-refractivity contribution in [1.82, 2.24) is 5.32 Å². The molecule has 0 spiro atoms. The molecule has 1 N–H and O–H groups in total. The summed E-state index contributed by atoms with van der Waals surface area (Å²) in [6, 6.07) is 14.4. The van der Waals surface area contributed by atoms with E-state index in [4.69, 9.17) is 4.74 Å². The number of aryl methyl sites for hydroxylation is 1. The Kier molecular flexibility index (Phi) is 4.97. The molecular formula is C18H21NO. The van der Waals surface area contributed by atoms with Gasteiger partial charge in [0.1, 0.15) is 12.4 Å². The van der Waals surface area contributed by atoms with Crippen molar-refractivity contribution >= 4 is 6.08 Å². The molecule has 0 fully saturated rings. The molecule has 0 bridgehead atoms. The Morgan fingerprint density at radius 2 is 1.95 bits per heavy atom. The fourth-order valence-corrected chi connectivity index (χ4v) is 2.20. The first kappa shape index (κ1) is 14.4. The largest absolute Gasteiger partial charge is 0.489 e. The Hall–Kier alpha value is -2.06. The Labute approximate surface area is 121 Å². The molecule has 0 amide bonds. The van der Waals surface area contributed by atoms with Crippen LogP contribution in [0, 0.1) is 6.92 Å². The van der Waals surface area contributed by atoms with Crippen molar-refractivity contribution in [2.75, 3.05) is 7.05 Å². The molecule has 0 atom stereocenters. The SMILES string of the molecule is C=Cc1ccccc1COc1ccc(C)cc1CNC. The van der Waals surface area contributed by atoms with Crippen LogP contribution in [0.5, 0.6) is 5.75 Å². The molecule has 104 valence electrons. The molecule has 0 aromatic heterocycles. The van der Waals surface area contributed by atoms with E-state index in [1.54, 1.807) is 0 Å². The summed E-state index contributed by atoms with van der Waals surface area (Å²) in [5, 5.41) is 3.18. The van der Waals surface area contributed by atoms with Gasteiger partial charge in [0.15, 0.2) is 0 Å². The van der Waals surface area contributed by atoms with E-state index in [0.717, 1.165) is 23.4 Å². The zero-order valence-electron chi connectivity index (χ0n) is 12.1. The monoisotopic (exact) mass is 267 g/mol. The molecule has 0 unspecified atom stereocenters. The molecule has 0 radical (unpaired) electrons. The second-order valence-corrected chi connectivity index (χ2v) is 4.83. The van der Waals surface area contributed by atoms with E-state index >= 15 is 0 Å². The van der Waals surface area contributed by atoms with E-state index in [1.807, 2.05) is 31.3 Å². The number of rotatable bonds is 6. The number of benzene rings is 2. The Morgan fingerprint density at radius 1 is 1.15 bits per heavy atom. The fourth-order valence-electron chi connectivity index (χ4n) is 2.20. The predicted molar refractivity (Wildman–Crippen MR) is 84.8 cm³/mol. The van der Waals surface area contributed by atoms with Gasteiger partial charge in [0.05, 0.1) is 0 Å². The zero-order valence-corrected chi connectivity index (χ0v) is 12.1. The van der Waals surface area contributed by atoms with Crippen LogP contribution < -0.4 is 10.1 Å². The summed E-state index contributed by atoms with van der Waals surface area (Å²) in [5.74, 6) is 0.934. The van der Waals surface area contributed by atoms with Crippen molar-refractivity contribution in [2.45, 2.75) is 20.1 Å². The van der Waals surface area contributed by atoms with Crippen molar-refractivity contribution in [3.63, 3.8) is 0 Å². The molecule has 2 aromatic carbocycles. The van der Waals surface area contributed by atoms with Crippen LogP contribution in [0.3, 0.4) is 0 Å². The van der Waals surface area contributed by atoms with E-state index in [-0.39, 0.29) is 0 Å². The lowest BCUT2D eigenvalue weighted by Crippen LogP contribution is -2.08. The van der Waals surface area contributed by atoms with Gasteiger partial charge in [-0.2, -0.15) is 0 Å². The number of nitrogens with one attached hydrogen (secondary N) is 1. The van der Waals surface area contributed by atoms with Crippen molar-refractivity contribution in [1.29, 1.82) is 0 Å². The lowest BCUT2D eigenvalue weighted by Gasteiger charge is -2.13. The van der Waals surface area contributed by atoms with Gasteiger partial charge in [-0.05, 0) is 31.2 Å². The van der Waals surface area contributed by atoms with Crippen LogP contribution in [0.25, 0.3) is 6.08 Å². The molecule has 0 aliphatic carbocycles. The summed E-state index contributed by atoms with van der Waals surface area (Å²) < 4.78 is 5.99. The summed E-state index contributed by atoms with van der Waals surface area (Å²) in [5.41, 5.74) is 4.70. The average molecular weight is 267 g/mol. The second-order valence-electron chi connectivity index (χ2n) is 4.83. The lowest BCUT2D eigenvalue weighted by molar-refractivity contribution is 0.302. The first-order chi connectivity index (χ1) is 9.74. The van der Waals surface area contributed by atoms with E-state index in [1.165, 1.54) is 11.1 Å². The molecule has 0 saturated heterocycles. The molecule has 0 aliphatic heterocycles. The van der Waals surface area contributed by atoms with Crippen LogP contribution in [0.1, 0.15) is 22.3 Å². The number of ether oxygens (including phenoxy) is 1. The van der Waals surface area contributed by atoms with E-state index < -0.39 is 0 Å². The average Bonchev–Trinajstić information content (AvgIpc) is 2.47. The molecule has 2 heteroatoms. The van der Waals surface area contributed by atoms with Crippen LogP contribution in [0.2, 0.25) is 0 Å². The van der Waals surface area contributed by atoms with Gasteiger partial charge in [-0.15, -0.1) is 0 Å². The highest BCUT2D eigenvalue weighted by atomic mass is 16.5. The normalized spacial score (nSPS) is 10.3. The standard InChI is InChI=1S/C18H21NO/c1-4-15-7-5-6-8-16(15)13-20-18-10-9-14(2)11-17(18)12-19-3/h4-11,19H,1,12-13H2,2-3H3. The van der Waals surface area contributed by atoms with E-state index in [0.29, 0.717) is 6.61 Å². The summed E-state index contributed by atoms with van der Waals surface area (Å²) in [4.78, 5) is 0. The van der Waals surface area contributed by atoms with Gasteiger partial charge in [-0.1, -0.05) is 54.6 Å². The summed E-state index contributed by atoms with van der Waals surface area (Å²) >= 11 is 0. The highest BCUT2D eigenvalue weighted by Crippen LogP contribution is 2.22. The summed E-state index contributed by atoms with van der Waals surface area (Å²) in [7, 11) is 1.94. The van der Waals surface area contributed by atoms with Gasteiger partial charge >= 0.3 is 0 Å². The Morgan fingerprint density at radius 3 is 2.70 bits per heavy atom. The molecule has 0 saturated carbocycles. The zero-order chi connectivity index (χ0) is 14.4. The van der Waals surface area contributed by atoms with E-state index in [2.05, 4.69) is 43.1 Å². The lowest BCUT2D eigenvalue weighted by atomic mass is 10.1. The van der Waals surface area contributed by atoms with Crippen LogP contribution >= 0.6 is 0 Å². The van der Waals surface area contributed by atoms with Gasteiger partial charge < -0.3 is 10.1 Å². The van der Waals surface area contributed by atoms with Crippen molar-refractivity contribution in [2.24, 2.45) is 0 Å². The molecule has 0 aliphatic rings. The highest BCUT2D eigenvalue weighted by molar-refractivity contribution is 5.51. The van der Waals surface area contributed by atoms with Crippen LogP contribution in [-0.2, 0) is 13.2 Å². The quantitative estimate of drug-likeness (QED) is 0.856. The third-order valence-electron chi connectivity index (χ3n) is 3.24. The van der Waals surface area contributed by atoms with E-state index in [9.17, 15) is 0 Å². The number of hydrogen-bond donors (Lipinski definition) is 1. The minimum Gasteiger partial charge on any atom is -0.489 e. The Bertz CT molecular complexity index is 590. The first-order valence-electron chi connectivity index (χ1n) is 6.82. The van der Waals surface area contributed by atoms with Gasteiger partial charge in [-0.25, -0.2) is 0 Å². The maximum Gasteiger partial charge on any atom is 0.124 e. The highest BCUT2D eigenvalue weighted by Gasteiger charge is 2.05. The maximum absolute atomic E-state index is 5.99. The van der Waals surface area contributed by atoms with Gasteiger partial charge in [0.2, 0.25) is 0 Å². The maximum atomic E-state index is 5.99. The van der Waals surface area contributed by atoms with Gasteiger partial charge in [0.25, 0.3) is 0 Å². The van der Waals surface area contributed by atoms with Crippen LogP contribution in [0.4, 0.5) is 0 Å². The predicted octanol–water partition coefficient (Wildman–Crippen LogP) is 3.94.